The summed E-state index contributed by atoms with van der Waals surface area (Å²) in [6.45, 7) is 5.39. The number of likely N-dealkylation sites (tertiary alicyclic amines) is 1. The third kappa shape index (κ3) is 2.58. The van der Waals surface area contributed by atoms with Crippen LogP contribution in [0.25, 0.3) is 0 Å². The second kappa shape index (κ2) is 5.51. The van der Waals surface area contributed by atoms with Gasteiger partial charge in [-0.1, -0.05) is 22.0 Å². The highest BCUT2D eigenvalue weighted by Gasteiger charge is 2.37. The quantitative estimate of drug-likeness (QED) is 0.896. The number of benzene rings is 1. The molecule has 4 heteroatoms. The van der Waals surface area contributed by atoms with Crippen molar-refractivity contribution >= 4 is 15.9 Å². The Bertz CT molecular complexity index is 465. The molecule has 19 heavy (non-hydrogen) atoms. The lowest BCUT2D eigenvalue weighted by atomic mass is 9.89. The Morgan fingerprint density at radius 2 is 2.26 bits per heavy atom. The van der Waals surface area contributed by atoms with Crippen molar-refractivity contribution in [2.45, 2.75) is 31.8 Å². The topological polar surface area (TPSA) is 15.3 Å². The van der Waals surface area contributed by atoms with Crippen LogP contribution in [0.15, 0.2) is 22.7 Å². The number of nitrogens with one attached hydrogen (secondary N) is 1. The van der Waals surface area contributed by atoms with E-state index in [2.05, 4.69) is 33.1 Å². The normalized spacial score (nSPS) is 29.2. The van der Waals surface area contributed by atoms with Crippen LogP contribution < -0.4 is 5.32 Å². The van der Waals surface area contributed by atoms with Crippen LogP contribution in [0.1, 0.15) is 31.4 Å². The lowest BCUT2D eigenvalue weighted by Gasteiger charge is -2.41. The van der Waals surface area contributed by atoms with Gasteiger partial charge in [-0.25, -0.2) is 4.39 Å². The molecule has 1 aromatic carbocycles. The Morgan fingerprint density at radius 1 is 1.42 bits per heavy atom. The molecule has 0 amide bonds. The van der Waals surface area contributed by atoms with Gasteiger partial charge in [0.05, 0.1) is 0 Å². The molecular weight excluding hydrogens is 307 g/mol. The zero-order valence-corrected chi connectivity index (χ0v) is 12.8. The first-order chi connectivity index (χ1) is 9.16. The Balaban J connectivity index is 1.84. The maximum absolute atomic E-state index is 14.1. The van der Waals surface area contributed by atoms with Crippen molar-refractivity contribution < 1.29 is 4.39 Å². The maximum Gasteiger partial charge on any atom is 0.129 e. The molecule has 2 aliphatic heterocycles. The van der Waals surface area contributed by atoms with E-state index < -0.39 is 0 Å². The fourth-order valence-electron chi connectivity index (χ4n) is 3.60. The van der Waals surface area contributed by atoms with Crippen LogP contribution in [0, 0.1) is 11.7 Å². The highest BCUT2D eigenvalue weighted by atomic mass is 79.9. The number of hydrogen-bond acceptors (Lipinski definition) is 2. The first-order valence-electron chi connectivity index (χ1n) is 7.08. The summed E-state index contributed by atoms with van der Waals surface area (Å²) < 4.78 is 14.9. The fraction of sp³-hybridized carbons (Fsp3) is 0.600. The van der Waals surface area contributed by atoms with E-state index >= 15 is 0 Å². The number of piperidine rings is 1. The number of hydrogen-bond donors (Lipinski definition) is 1. The zero-order valence-electron chi connectivity index (χ0n) is 11.2. The molecule has 1 aromatic rings. The molecule has 1 N–H and O–H groups in total. The minimum atomic E-state index is -0.102. The van der Waals surface area contributed by atoms with E-state index in [1.54, 1.807) is 6.07 Å². The van der Waals surface area contributed by atoms with Crippen LogP contribution in [0.2, 0.25) is 0 Å². The second-order valence-electron chi connectivity index (χ2n) is 5.71. The monoisotopic (exact) mass is 326 g/mol. The summed E-state index contributed by atoms with van der Waals surface area (Å²) in [4.78, 5) is 2.49. The van der Waals surface area contributed by atoms with Crippen molar-refractivity contribution in [3.63, 3.8) is 0 Å². The van der Waals surface area contributed by atoms with E-state index in [-0.39, 0.29) is 11.9 Å². The largest absolute Gasteiger partial charge is 0.315 e. The van der Waals surface area contributed by atoms with Gasteiger partial charge in [0.1, 0.15) is 5.82 Å². The molecule has 0 aliphatic carbocycles. The molecule has 0 aromatic heterocycles. The van der Waals surface area contributed by atoms with Crippen molar-refractivity contribution in [2.75, 3.05) is 19.6 Å². The summed E-state index contributed by atoms with van der Waals surface area (Å²) in [5.41, 5.74) is 0.816. The van der Waals surface area contributed by atoms with E-state index in [0.29, 0.717) is 6.04 Å². The number of rotatable bonds is 2. The Hall–Kier alpha value is -0.450. The maximum atomic E-state index is 14.1. The molecule has 2 saturated heterocycles. The predicted molar refractivity (Wildman–Crippen MR) is 78.6 cm³/mol. The Morgan fingerprint density at radius 3 is 3.05 bits per heavy atom. The van der Waals surface area contributed by atoms with Gasteiger partial charge in [0, 0.05) is 28.7 Å². The molecule has 0 radical (unpaired) electrons. The standard InChI is InChI=1S/C15H20BrFN2/c1-10(13-5-4-12(16)7-14(13)17)19-6-2-3-11-8-18-9-15(11)19/h4-5,7,10-11,15,18H,2-3,6,8-9H2,1H3. The Kier molecular flexibility index (Phi) is 3.92. The molecule has 104 valence electrons. The van der Waals surface area contributed by atoms with Gasteiger partial charge in [-0.2, -0.15) is 0 Å². The Labute approximate surface area is 122 Å². The molecule has 2 heterocycles. The van der Waals surface area contributed by atoms with Gasteiger partial charge in [0.2, 0.25) is 0 Å². The summed E-state index contributed by atoms with van der Waals surface area (Å²) in [7, 11) is 0. The molecule has 2 nitrogen and oxygen atoms in total. The summed E-state index contributed by atoms with van der Waals surface area (Å²) >= 11 is 3.32. The first kappa shape index (κ1) is 13.5. The van der Waals surface area contributed by atoms with Gasteiger partial charge in [-0.15, -0.1) is 0 Å². The van der Waals surface area contributed by atoms with Crippen LogP contribution >= 0.6 is 15.9 Å². The average Bonchev–Trinajstić information content (AvgIpc) is 2.86. The van der Waals surface area contributed by atoms with E-state index in [4.69, 9.17) is 0 Å². The van der Waals surface area contributed by atoms with Gasteiger partial charge in [-0.3, -0.25) is 4.90 Å². The van der Waals surface area contributed by atoms with E-state index in [9.17, 15) is 4.39 Å². The van der Waals surface area contributed by atoms with Crippen molar-refractivity contribution in [2.24, 2.45) is 5.92 Å². The first-order valence-corrected chi connectivity index (χ1v) is 7.87. The molecule has 0 saturated carbocycles. The second-order valence-corrected chi connectivity index (χ2v) is 6.62. The van der Waals surface area contributed by atoms with Gasteiger partial charge in [0.15, 0.2) is 0 Å². The molecule has 3 unspecified atom stereocenters. The summed E-state index contributed by atoms with van der Waals surface area (Å²) in [5.74, 6) is 0.643. The zero-order chi connectivity index (χ0) is 13.4. The smallest absolute Gasteiger partial charge is 0.129 e. The van der Waals surface area contributed by atoms with Gasteiger partial charge < -0.3 is 5.32 Å². The molecule has 0 spiro atoms. The van der Waals surface area contributed by atoms with Crippen molar-refractivity contribution in [3.8, 4) is 0 Å². The molecule has 3 atom stereocenters. The molecule has 2 aliphatic rings. The van der Waals surface area contributed by atoms with E-state index in [1.165, 1.54) is 12.8 Å². The van der Waals surface area contributed by atoms with Crippen LogP contribution in [-0.2, 0) is 0 Å². The van der Waals surface area contributed by atoms with E-state index in [0.717, 1.165) is 35.6 Å². The van der Waals surface area contributed by atoms with Crippen molar-refractivity contribution in [1.29, 1.82) is 0 Å². The average molecular weight is 327 g/mol. The van der Waals surface area contributed by atoms with E-state index in [1.807, 2.05) is 12.1 Å². The highest BCUT2D eigenvalue weighted by Crippen LogP contribution is 2.34. The van der Waals surface area contributed by atoms with Gasteiger partial charge >= 0.3 is 0 Å². The summed E-state index contributed by atoms with van der Waals surface area (Å²) in [6.07, 6.45) is 2.54. The third-order valence-electron chi connectivity index (χ3n) is 4.63. The van der Waals surface area contributed by atoms with Gasteiger partial charge in [-0.05, 0) is 50.9 Å². The predicted octanol–water partition coefficient (Wildman–Crippen LogP) is 3.33. The molecular formula is C15H20BrFN2. The van der Waals surface area contributed by atoms with Gasteiger partial charge in [0.25, 0.3) is 0 Å². The van der Waals surface area contributed by atoms with Crippen LogP contribution in [-0.4, -0.2) is 30.6 Å². The summed E-state index contributed by atoms with van der Waals surface area (Å²) in [6, 6.07) is 6.15. The summed E-state index contributed by atoms with van der Waals surface area (Å²) in [5, 5.41) is 3.48. The van der Waals surface area contributed by atoms with Crippen molar-refractivity contribution in [1.82, 2.24) is 10.2 Å². The minimum Gasteiger partial charge on any atom is -0.315 e. The fourth-order valence-corrected chi connectivity index (χ4v) is 3.94. The lowest BCUT2D eigenvalue weighted by Crippen LogP contribution is -2.46. The molecule has 3 rings (SSSR count). The third-order valence-corrected chi connectivity index (χ3v) is 5.12. The van der Waals surface area contributed by atoms with Crippen LogP contribution in [0.4, 0.5) is 4.39 Å². The SMILES string of the molecule is CC(c1ccc(Br)cc1F)N1CCCC2CNCC21. The number of nitrogens with zero attached hydrogens (tertiary/aromatic N) is 1. The lowest BCUT2D eigenvalue weighted by molar-refractivity contribution is 0.0831. The number of fused-ring (bicyclic) bond motifs is 1. The van der Waals surface area contributed by atoms with Crippen molar-refractivity contribution in [3.05, 3.63) is 34.1 Å². The molecule has 2 fully saturated rings. The van der Waals surface area contributed by atoms with Crippen LogP contribution in [0.3, 0.4) is 0 Å². The minimum absolute atomic E-state index is 0.102. The number of halogens is 2. The molecule has 0 bridgehead atoms. The highest BCUT2D eigenvalue weighted by molar-refractivity contribution is 9.10. The van der Waals surface area contributed by atoms with Crippen LogP contribution in [0.5, 0.6) is 0 Å².